The molecule has 0 aromatic rings. The highest BCUT2D eigenvalue weighted by Crippen LogP contribution is 2.05. The fourth-order valence-corrected chi connectivity index (χ4v) is 1.18. The Balaban J connectivity index is 2.38. The molecule has 1 aliphatic rings. The van der Waals surface area contributed by atoms with Crippen LogP contribution < -0.4 is 11.1 Å². The zero-order valence-corrected chi connectivity index (χ0v) is 6.95. The molecule has 1 rings (SSSR count). The number of nitrogens with one attached hydrogen (secondary N) is 1. The summed E-state index contributed by atoms with van der Waals surface area (Å²) < 4.78 is 4.85. The molecular formula is C8H14N2O2. The molecule has 1 heterocycles. The molecule has 1 atom stereocenters. The predicted octanol–water partition coefficient (Wildman–Crippen LogP) is 0.390. The van der Waals surface area contributed by atoms with Crippen molar-refractivity contribution >= 4 is 6.09 Å². The van der Waals surface area contributed by atoms with E-state index in [-0.39, 0.29) is 6.10 Å². The van der Waals surface area contributed by atoms with Crippen molar-refractivity contribution in [2.45, 2.75) is 18.9 Å². The lowest BCUT2D eigenvalue weighted by Crippen LogP contribution is -2.25. The van der Waals surface area contributed by atoms with Crippen LogP contribution in [0.15, 0.2) is 12.2 Å². The zero-order valence-electron chi connectivity index (χ0n) is 6.95. The first-order chi connectivity index (χ1) is 5.79. The smallest absolute Gasteiger partial charge is 0.405 e. The third-order valence-corrected chi connectivity index (χ3v) is 1.72. The van der Waals surface area contributed by atoms with Gasteiger partial charge in [0.2, 0.25) is 0 Å². The van der Waals surface area contributed by atoms with E-state index < -0.39 is 6.09 Å². The molecule has 0 aromatic heterocycles. The number of amides is 1. The number of carbonyl (C=O) groups is 1. The van der Waals surface area contributed by atoms with Gasteiger partial charge >= 0.3 is 6.09 Å². The van der Waals surface area contributed by atoms with Crippen LogP contribution in [-0.2, 0) is 4.74 Å². The molecule has 0 saturated heterocycles. The fraction of sp³-hybridized carbons (Fsp3) is 0.625. The molecule has 0 saturated carbocycles. The molecule has 1 aliphatic heterocycles. The molecule has 0 aromatic carbocycles. The first-order valence-electron chi connectivity index (χ1n) is 4.12. The number of primary amides is 1. The second-order valence-electron chi connectivity index (χ2n) is 2.75. The Morgan fingerprint density at radius 2 is 2.50 bits per heavy atom. The molecule has 0 bridgehead atoms. The van der Waals surface area contributed by atoms with Crippen LogP contribution in [0.1, 0.15) is 12.8 Å². The van der Waals surface area contributed by atoms with Crippen molar-refractivity contribution in [2.24, 2.45) is 5.73 Å². The van der Waals surface area contributed by atoms with E-state index in [9.17, 15) is 4.79 Å². The molecule has 4 heteroatoms. The lowest BCUT2D eigenvalue weighted by molar-refractivity contribution is 0.123. The second-order valence-corrected chi connectivity index (χ2v) is 2.75. The predicted molar refractivity (Wildman–Crippen MR) is 45.7 cm³/mol. The van der Waals surface area contributed by atoms with E-state index in [0.29, 0.717) is 0 Å². The Bertz CT molecular complexity index is 180. The third-order valence-electron chi connectivity index (χ3n) is 1.72. The van der Waals surface area contributed by atoms with Crippen LogP contribution in [0, 0.1) is 0 Å². The Kier molecular flexibility index (Phi) is 3.60. The second kappa shape index (κ2) is 4.77. The summed E-state index contributed by atoms with van der Waals surface area (Å²) in [6.07, 6.45) is 4.83. The van der Waals surface area contributed by atoms with Crippen LogP contribution in [0.4, 0.5) is 4.79 Å². The number of nitrogens with two attached hydrogens (primary N) is 1. The van der Waals surface area contributed by atoms with Gasteiger partial charge in [-0.1, -0.05) is 6.08 Å². The minimum absolute atomic E-state index is 0.135. The van der Waals surface area contributed by atoms with Crippen LogP contribution in [0.2, 0.25) is 0 Å². The van der Waals surface area contributed by atoms with Gasteiger partial charge in [-0.3, -0.25) is 0 Å². The van der Waals surface area contributed by atoms with E-state index in [4.69, 9.17) is 10.5 Å². The van der Waals surface area contributed by atoms with E-state index in [1.807, 2.05) is 12.2 Å². The molecule has 3 N–H and O–H groups in total. The highest BCUT2D eigenvalue weighted by Gasteiger charge is 2.09. The van der Waals surface area contributed by atoms with Gasteiger partial charge in [-0.2, -0.15) is 0 Å². The van der Waals surface area contributed by atoms with Gasteiger partial charge in [0.15, 0.2) is 0 Å². The van der Waals surface area contributed by atoms with Crippen LogP contribution in [0.3, 0.4) is 0 Å². The average Bonchev–Trinajstić information content (AvgIpc) is 1.93. The molecule has 68 valence electrons. The van der Waals surface area contributed by atoms with E-state index in [1.165, 1.54) is 0 Å². The topological polar surface area (TPSA) is 64.4 Å². The minimum atomic E-state index is -0.696. The fourth-order valence-electron chi connectivity index (χ4n) is 1.18. The van der Waals surface area contributed by atoms with Gasteiger partial charge in [-0.05, 0) is 25.5 Å². The summed E-state index contributed by atoms with van der Waals surface area (Å²) in [6.45, 7) is 1.79. The summed E-state index contributed by atoms with van der Waals surface area (Å²) in [5.74, 6) is 0. The van der Waals surface area contributed by atoms with Gasteiger partial charge in [0.05, 0.1) is 0 Å². The van der Waals surface area contributed by atoms with Crippen molar-refractivity contribution in [3.8, 4) is 0 Å². The number of carbonyl (C=O) groups excluding carboxylic acids is 1. The molecule has 1 amide bonds. The molecule has 0 fully saturated rings. The normalized spacial score (nSPS) is 26.8. The molecular weight excluding hydrogens is 156 g/mol. The number of hydrogen-bond acceptors (Lipinski definition) is 3. The average molecular weight is 170 g/mol. The largest absolute Gasteiger partial charge is 0.442 e. The Labute approximate surface area is 71.8 Å². The van der Waals surface area contributed by atoms with Crippen LogP contribution >= 0.6 is 0 Å². The van der Waals surface area contributed by atoms with Crippen LogP contribution in [0.5, 0.6) is 0 Å². The molecule has 0 radical (unpaired) electrons. The van der Waals surface area contributed by atoms with Gasteiger partial charge in [0.25, 0.3) is 0 Å². The summed E-state index contributed by atoms with van der Waals surface area (Å²) in [4.78, 5) is 10.4. The lowest BCUT2D eigenvalue weighted by atomic mass is 10.1. The van der Waals surface area contributed by atoms with Crippen molar-refractivity contribution in [1.82, 2.24) is 5.32 Å². The molecule has 1 unspecified atom stereocenters. The highest BCUT2D eigenvalue weighted by atomic mass is 16.6. The van der Waals surface area contributed by atoms with Crippen LogP contribution in [-0.4, -0.2) is 25.3 Å². The van der Waals surface area contributed by atoms with Crippen molar-refractivity contribution in [2.75, 3.05) is 13.1 Å². The van der Waals surface area contributed by atoms with Crippen molar-refractivity contribution < 1.29 is 9.53 Å². The van der Waals surface area contributed by atoms with E-state index in [0.717, 1.165) is 25.9 Å². The van der Waals surface area contributed by atoms with Crippen LogP contribution in [0.25, 0.3) is 0 Å². The summed E-state index contributed by atoms with van der Waals surface area (Å²) in [7, 11) is 0. The highest BCUT2D eigenvalue weighted by molar-refractivity contribution is 5.65. The summed E-state index contributed by atoms with van der Waals surface area (Å²) in [5.41, 5.74) is 4.90. The quantitative estimate of drug-likeness (QED) is 0.559. The van der Waals surface area contributed by atoms with Gasteiger partial charge in [-0.15, -0.1) is 0 Å². The monoisotopic (exact) mass is 170 g/mol. The van der Waals surface area contributed by atoms with E-state index in [2.05, 4.69) is 5.32 Å². The van der Waals surface area contributed by atoms with Crippen molar-refractivity contribution in [1.29, 1.82) is 0 Å². The van der Waals surface area contributed by atoms with Crippen molar-refractivity contribution in [3.63, 3.8) is 0 Å². The molecule has 4 nitrogen and oxygen atoms in total. The zero-order chi connectivity index (χ0) is 8.81. The number of hydrogen-bond donors (Lipinski definition) is 2. The maximum atomic E-state index is 10.4. The van der Waals surface area contributed by atoms with E-state index in [1.54, 1.807) is 0 Å². The van der Waals surface area contributed by atoms with Gasteiger partial charge < -0.3 is 15.8 Å². The number of ether oxygens (including phenoxy) is 1. The standard InChI is InChI=1S/C8H14N2O2/c9-8(11)12-7-3-1-5-10-6-2-4-7/h1,3,7,10H,2,4-6H2,(H2,9,11)/b3-1+. The minimum Gasteiger partial charge on any atom is -0.442 e. The molecule has 12 heavy (non-hydrogen) atoms. The lowest BCUT2D eigenvalue weighted by Gasteiger charge is -2.14. The van der Waals surface area contributed by atoms with Gasteiger partial charge in [-0.25, -0.2) is 4.79 Å². The van der Waals surface area contributed by atoms with Crippen molar-refractivity contribution in [3.05, 3.63) is 12.2 Å². The Hall–Kier alpha value is -1.03. The summed E-state index contributed by atoms with van der Waals surface area (Å²) >= 11 is 0. The SMILES string of the molecule is NC(=O)OC1/C=C/CNCCC1. The molecule has 0 spiro atoms. The first-order valence-corrected chi connectivity index (χ1v) is 4.12. The maximum Gasteiger partial charge on any atom is 0.405 e. The first kappa shape index (κ1) is 9.06. The van der Waals surface area contributed by atoms with Gasteiger partial charge in [0.1, 0.15) is 6.10 Å². The Morgan fingerprint density at radius 3 is 3.25 bits per heavy atom. The van der Waals surface area contributed by atoms with Gasteiger partial charge in [0, 0.05) is 6.54 Å². The summed E-state index contributed by atoms with van der Waals surface area (Å²) in [5, 5.41) is 3.20. The summed E-state index contributed by atoms with van der Waals surface area (Å²) in [6, 6.07) is 0. The third kappa shape index (κ3) is 3.39. The maximum absolute atomic E-state index is 10.4. The van der Waals surface area contributed by atoms with E-state index >= 15 is 0 Å². The number of rotatable bonds is 1. The Morgan fingerprint density at radius 1 is 1.67 bits per heavy atom. The molecule has 0 aliphatic carbocycles.